The molecule has 0 aliphatic rings. The molecule has 2 N–H and O–H groups in total. The van der Waals surface area contributed by atoms with E-state index in [1.165, 1.54) is 16.8 Å². The first-order chi connectivity index (χ1) is 9.73. The average molecular weight is 297 g/mol. The Balaban J connectivity index is 2.77. The number of carbonyl (C=O) groups excluding carboxylic acids is 1. The van der Waals surface area contributed by atoms with E-state index in [0.29, 0.717) is 6.42 Å². The standard InChI is InChI=1S/C13H19N3O5/c1-8(2)15-7-10(16(20)21)6-11(15)12(17)14-5-4-9(3)13(18)19/h6-9H,4-5H2,1-3H3,(H,14,17)(H,18,19). The largest absolute Gasteiger partial charge is 0.481 e. The van der Waals surface area contributed by atoms with Crippen LogP contribution in [0.1, 0.15) is 43.7 Å². The number of carboxylic acids is 1. The number of rotatable bonds is 7. The highest BCUT2D eigenvalue weighted by molar-refractivity contribution is 5.93. The molecule has 8 nitrogen and oxygen atoms in total. The number of nitro groups is 1. The van der Waals surface area contributed by atoms with Crippen LogP contribution in [0.25, 0.3) is 0 Å². The Hall–Kier alpha value is -2.38. The summed E-state index contributed by atoms with van der Waals surface area (Å²) in [5, 5.41) is 22.1. The minimum atomic E-state index is -0.926. The summed E-state index contributed by atoms with van der Waals surface area (Å²) >= 11 is 0. The number of hydrogen-bond acceptors (Lipinski definition) is 4. The van der Waals surface area contributed by atoms with Crippen molar-refractivity contribution in [2.24, 2.45) is 5.92 Å². The molecule has 8 heteroatoms. The van der Waals surface area contributed by atoms with Crippen LogP contribution in [-0.4, -0.2) is 33.0 Å². The topological polar surface area (TPSA) is 114 Å². The van der Waals surface area contributed by atoms with Gasteiger partial charge in [0.25, 0.3) is 11.6 Å². The Morgan fingerprint density at radius 1 is 1.43 bits per heavy atom. The lowest BCUT2D eigenvalue weighted by atomic mass is 10.1. The van der Waals surface area contributed by atoms with Gasteiger partial charge < -0.3 is 15.0 Å². The number of aliphatic carboxylic acids is 1. The van der Waals surface area contributed by atoms with Crippen molar-refractivity contribution >= 4 is 17.6 Å². The molecule has 0 fully saturated rings. The van der Waals surface area contributed by atoms with Crippen molar-refractivity contribution in [2.45, 2.75) is 33.2 Å². The summed E-state index contributed by atoms with van der Waals surface area (Å²) in [5.41, 5.74) is 0.0485. The van der Waals surface area contributed by atoms with E-state index in [9.17, 15) is 19.7 Å². The van der Waals surface area contributed by atoms with Crippen molar-refractivity contribution in [3.63, 3.8) is 0 Å². The lowest BCUT2D eigenvalue weighted by Crippen LogP contribution is -2.29. The van der Waals surface area contributed by atoms with Gasteiger partial charge in [-0.3, -0.25) is 19.7 Å². The summed E-state index contributed by atoms with van der Waals surface area (Å²) in [5.74, 6) is -1.93. The molecule has 0 aliphatic carbocycles. The predicted molar refractivity (Wildman–Crippen MR) is 75.2 cm³/mol. The van der Waals surface area contributed by atoms with Gasteiger partial charge in [0, 0.05) is 18.7 Å². The van der Waals surface area contributed by atoms with E-state index in [1.807, 2.05) is 13.8 Å². The first-order valence-corrected chi connectivity index (χ1v) is 6.61. The maximum absolute atomic E-state index is 12.1. The Kier molecular flexibility index (Phi) is 5.45. The van der Waals surface area contributed by atoms with Crippen LogP contribution in [-0.2, 0) is 4.79 Å². The Labute approximate surface area is 121 Å². The molecule has 0 aromatic carbocycles. The fraction of sp³-hybridized carbons (Fsp3) is 0.538. The summed E-state index contributed by atoms with van der Waals surface area (Å²) in [6.45, 7) is 5.37. The lowest BCUT2D eigenvalue weighted by Gasteiger charge is -2.12. The zero-order valence-electron chi connectivity index (χ0n) is 12.2. The van der Waals surface area contributed by atoms with E-state index in [-0.39, 0.29) is 24.0 Å². The summed E-state index contributed by atoms with van der Waals surface area (Å²) < 4.78 is 1.52. The number of carbonyl (C=O) groups is 2. The Morgan fingerprint density at radius 3 is 2.52 bits per heavy atom. The zero-order chi connectivity index (χ0) is 16.2. The molecule has 0 aliphatic heterocycles. The average Bonchev–Trinajstić information content (AvgIpc) is 2.83. The molecule has 0 spiro atoms. The van der Waals surface area contributed by atoms with Crippen LogP contribution in [0.5, 0.6) is 0 Å². The van der Waals surface area contributed by atoms with E-state index >= 15 is 0 Å². The molecule has 1 heterocycles. The Bertz CT molecular complexity index is 550. The Morgan fingerprint density at radius 2 is 2.05 bits per heavy atom. The van der Waals surface area contributed by atoms with Crippen LogP contribution < -0.4 is 5.32 Å². The number of nitrogens with one attached hydrogen (secondary N) is 1. The molecular formula is C13H19N3O5. The van der Waals surface area contributed by atoms with Crippen LogP contribution in [0, 0.1) is 16.0 Å². The summed E-state index contributed by atoms with van der Waals surface area (Å²) in [6, 6.07) is 1.12. The maximum atomic E-state index is 12.1. The molecule has 0 bridgehead atoms. The molecule has 21 heavy (non-hydrogen) atoms. The molecular weight excluding hydrogens is 278 g/mol. The van der Waals surface area contributed by atoms with Gasteiger partial charge in [-0.25, -0.2) is 0 Å². The quantitative estimate of drug-likeness (QED) is 0.588. The van der Waals surface area contributed by atoms with Crippen LogP contribution in [0.2, 0.25) is 0 Å². The van der Waals surface area contributed by atoms with E-state index in [2.05, 4.69) is 5.32 Å². The van der Waals surface area contributed by atoms with Crippen molar-refractivity contribution < 1.29 is 19.6 Å². The van der Waals surface area contributed by atoms with E-state index in [1.54, 1.807) is 6.92 Å². The van der Waals surface area contributed by atoms with Crippen LogP contribution in [0.3, 0.4) is 0 Å². The van der Waals surface area contributed by atoms with Gasteiger partial charge in [-0.2, -0.15) is 0 Å². The van der Waals surface area contributed by atoms with Gasteiger partial charge >= 0.3 is 5.97 Å². The zero-order valence-corrected chi connectivity index (χ0v) is 12.2. The highest BCUT2D eigenvalue weighted by Crippen LogP contribution is 2.20. The minimum Gasteiger partial charge on any atom is -0.481 e. The number of amides is 1. The SMILES string of the molecule is CC(CCNC(=O)c1cc([N+](=O)[O-])cn1C(C)C)C(=O)O. The molecule has 1 aromatic heterocycles. The fourth-order valence-electron chi connectivity index (χ4n) is 1.79. The van der Waals surface area contributed by atoms with Crippen molar-refractivity contribution in [1.82, 2.24) is 9.88 Å². The highest BCUT2D eigenvalue weighted by atomic mass is 16.6. The second-order valence-electron chi connectivity index (χ2n) is 5.13. The summed E-state index contributed by atoms with van der Waals surface area (Å²) in [6.07, 6.45) is 1.62. The van der Waals surface area contributed by atoms with Crippen LogP contribution >= 0.6 is 0 Å². The summed E-state index contributed by atoms with van der Waals surface area (Å²) in [7, 11) is 0. The van der Waals surface area contributed by atoms with Crippen molar-refractivity contribution in [3.05, 3.63) is 28.1 Å². The molecule has 0 saturated heterocycles. The van der Waals surface area contributed by atoms with Gasteiger partial charge in [-0.1, -0.05) is 6.92 Å². The predicted octanol–water partition coefficient (Wildman–Crippen LogP) is 1.82. The normalized spacial score (nSPS) is 12.2. The molecule has 1 atom stereocenters. The summed E-state index contributed by atoms with van der Waals surface area (Å²) in [4.78, 5) is 33.0. The smallest absolute Gasteiger partial charge is 0.306 e. The first-order valence-electron chi connectivity index (χ1n) is 6.61. The third-order valence-corrected chi connectivity index (χ3v) is 3.12. The van der Waals surface area contributed by atoms with E-state index in [0.717, 1.165) is 0 Å². The molecule has 0 radical (unpaired) electrons. The molecule has 0 saturated carbocycles. The third-order valence-electron chi connectivity index (χ3n) is 3.12. The van der Waals surface area contributed by atoms with Crippen molar-refractivity contribution in [2.75, 3.05) is 6.54 Å². The van der Waals surface area contributed by atoms with Gasteiger partial charge in [-0.05, 0) is 20.3 Å². The van der Waals surface area contributed by atoms with Gasteiger partial charge in [0.15, 0.2) is 0 Å². The lowest BCUT2D eigenvalue weighted by molar-refractivity contribution is -0.384. The highest BCUT2D eigenvalue weighted by Gasteiger charge is 2.21. The third kappa shape index (κ3) is 4.30. The van der Waals surface area contributed by atoms with Gasteiger partial charge in [0.05, 0.1) is 17.0 Å². The van der Waals surface area contributed by atoms with E-state index in [4.69, 9.17) is 5.11 Å². The van der Waals surface area contributed by atoms with Crippen LogP contribution in [0.4, 0.5) is 5.69 Å². The second-order valence-corrected chi connectivity index (χ2v) is 5.13. The number of aromatic nitrogens is 1. The number of hydrogen-bond donors (Lipinski definition) is 2. The van der Waals surface area contributed by atoms with Crippen molar-refractivity contribution in [3.8, 4) is 0 Å². The molecule has 1 amide bonds. The van der Waals surface area contributed by atoms with Gasteiger partial charge in [0.2, 0.25) is 0 Å². The van der Waals surface area contributed by atoms with Crippen LogP contribution in [0.15, 0.2) is 12.3 Å². The monoisotopic (exact) mass is 297 g/mol. The molecule has 1 rings (SSSR count). The fourth-order valence-corrected chi connectivity index (χ4v) is 1.79. The molecule has 116 valence electrons. The minimum absolute atomic E-state index is 0.0996. The van der Waals surface area contributed by atoms with Gasteiger partial charge in [0.1, 0.15) is 5.69 Å². The number of carboxylic acid groups (broad SMARTS) is 1. The molecule has 1 aromatic rings. The first kappa shape index (κ1) is 16.7. The van der Waals surface area contributed by atoms with Crippen molar-refractivity contribution in [1.29, 1.82) is 0 Å². The maximum Gasteiger partial charge on any atom is 0.306 e. The number of nitrogens with zero attached hydrogens (tertiary/aromatic N) is 2. The molecule has 1 unspecified atom stereocenters. The second kappa shape index (κ2) is 6.87. The van der Waals surface area contributed by atoms with Gasteiger partial charge in [-0.15, -0.1) is 0 Å². The van der Waals surface area contributed by atoms with E-state index < -0.39 is 22.7 Å².